The molecule has 0 bridgehead atoms. The van der Waals surface area contributed by atoms with E-state index in [-0.39, 0.29) is 24.0 Å². The van der Waals surface area contributed by atoms with Gasteiger partial charge < -0.3 is 19.9 Å². The normalized spacial score (nSPS) is 16.6. The van der Waals surface area contributed by atoms with Crippen LogP contribution in [0, 0.1) is 5.82 Å². The summed E-state index contributed by atoms with van der Waals surface area (Å²) >= 11 is 0. The second kappa shape index (κ2) is 9.23. The number of halogens is 1. The first-order chi connectivity index (χ1) is 14.4. The molecule has 0 radical (unpaired) electrons. The Hall–Kier alpha value is -2.98. The number of benzene rings is 1. The van der Waals surface area contributed by atoms with Crippen LogP contribution in [0.15, 0.2) is 23.0 Å². The Morgan fingerprint density at radius 3 is 2.87 bits per heavy atom. The molecule has 9 nitrogen and oxygen atoms in total. The van der Waals surface area contributed by atoms with Gasteiger partial charge in [-0.05, 0) is 18.9 Å². The lowest BCUT2D eigenvalue weighted by Crippen LogP contribution is -2.34. The number of nitrogens with zero attached hydrogens (tertiary/aromatic N) is 3. The predicted octanol–water partition coefficient (Wildman–Crippen LogP) is 1.30. The third-order valence-electron chi connectivity index (χ3n) is 5.16. The van der Waals surface area contributed by atoms with Crippen molar-refractivity contribution in [3.63, 3.8) is 0 Å². The third-order valence-corrected chi connectivity index (χ3v) is 5.16. The van der Waals surface area contributed by atoms with Crippen molar-refractivity contribution in [1.82, 2.24) is 19.8 Å². The van der Waals surface area contributed by atoms with Gasteiger partial charge in [-0.2, -0.15) is 0 Å². The summed E-state index contributed by atoms with van der Waals surface area (Å²) in [6.45, 7) is 1.15. The molecular weight excluding hydrogens is 395 g/mol. The molecule has 1 atom stereocenters. The van der Waals surface area contributed by atoms with E-state index >= 15 is 0 Å². The highest BCUT2D eigenvalue weighted by molar-refractivity contribution is 5.94. The van der Waals surface area contributed by atoms with E-state index in [0.29, 0.717) is 18.1 Å². The number of rotatable bonds is 7. The van der Waals surface area contributed by atoms with Gasteiger partial charge in [0.2, 0.25) is 5.75 Å². The summed E-state index contributed by atoms with van der Waals surface area (Å²) in [5.41, 5.74) is -0.509. The van der Waals surface area contributed by atoms with Crippen molar-refractivity contribution in [3.8, 4) is 11.5 Å². The zero-order chi connectivity index (χ0) is 21.8. The predicted molar refractivity (Wildman–Crippen MR) is 106 cm³/mol. The fourth-order valence-corrected chi connectivity index (χ4v) is 3.63. The van der Waals surface area contributed by atoms with Crippen LogP contribution in [0.5, 0.6) is 11.5 Å². The van der Waals surface area contributed by atoms with Crippen molar-refractivity contribution in [2.75, 3.05) is 27.5 Å². The summed E-state index contributed by atoms with van der Waals surface area (Å²) in [4.78, 5) is 31.6. The minimum Gasteiger partial charge on any atom is -0.501 e. The van der Waals surface area contributed by atoms with Gasteiger partial charge in [0.1, 0.15) is 17.4 Å². The minimum atomic E-state index is -0.721. The smallest absolute Gasteiger partial charge is 0.296 e. The van der Waals surface area contributed by atoms with E-state index in [4.69, 9.17) is 9.47 Å². The van der Waals surface area contributed by atoms with Crippen LogP contribution in [-0.2, 0) is 18.3 Å². The molecule has 162 valence electrons. The summed E-state index contributed by atoms with van der Waals surface area (Å²) in [6, 6.07) is 3.74. The molecule has 1 saturated heterocycles. The summed E-state index contributed by atoms with van der Waals surface area (Å²) in [7, 11) is 4.49. The molecule has 1 aromatic heterocycles. The quantitative estimate of drug-likeness (QED) is 0.696. The van der Waals surface area contributed by atoms with E-state index in [1.807, 2.05) is 4.90 Å². The Morgan fingerprint density at radius 2 is 2.17 bits per heavy atom. The fraction of sp³-hybridized carbons (Fsp3) is 0.450. The van der Waals surface area contributed by atoms with Crippen LogP contribution in [-0.4, -0.2) is 53.0 Å². The summed E-state index contributed by atoms with van der Waals surface area (Å²) in [6.07, 6.45) is 1.65. The maximum Gasteiger partial charge on any atom is 0.296 e. The standard InChI is InChI=1S/C20H25FN4O5/c1-24-18(14-5-4-8-25(14)11-29-2)23-16(17(26)20(24)28)19(27)22-10-12-6-7-13(21)9-15(12)30-3/h6-7,9,14,26H,4-5,8,10-11H2,1-3H3,(H,22,27)/t14-/m0/s1. The average molecular weight is 420 g/mol. The molecule has 1 aliphatic heterocycles. The molecule has 2 heterocycles. The fourth-order valence-electron chi connectivity index (χ4n) is 3.63. The van der Waals surface area contributed by atoms with Crippen LogP contribution >= 0.6 is 0 Å². The van der Waals surface area contributed by atoms with Crippen molar-refractivity contribution in [3.05, 3.63) is 51.5 Å². The highest BCUT2D eigenvalue weighted by atomic mass is 19.1. The number of hydrogen-bond donors (Lipinski definition) is 2. The average Bonchev–Trinajstić information content (AvgIpc) is 3.19. The number of ether oxygens (including phenoxy) is 2. The number of aromatic hydroxyl groups is 1. The van der Waals surface area contributed by atoms with Crippen LogP contribution < -0.4 is 15.6 Å². The van der Waals surface area contributed by atoms with Crippen LogP contribution in [0.4, 0.5) is 4.39 Å². The van der Waals surface area contributed by atoms with Crippen molar-refractivity contribution >= 4 is 5.91 Å². The third kappa shape index (κ3) is 4.29. The SMILES string of the molecule is COCN1CCC[C@H]1c1nc(C(=O)NCc2ccc(F)cc2OC)c(O)c(=O)n1C. The molecule has 30 heavy (non-hydrogen) atoms. The number of methoxy groups -OCH3 is 2. The first kappa shape index (κ1) is 21.7. The minimum absolute atomic E-state index is 0.00712. The van der Waals surface area contributed by atoms with E-state index in [1.165, 1.54) is 36.9 Å². The molecule has 0 spiro atoms. The number of amides is 1. The van der Waals surface area contributed by atoms with Gasteiger partial charge in [0.25, 0.3) is 11.5 Å². The van der Waals surface area contributed by atoms with Crippen molar-refractivity contribution in [2.45, 2.75) is 25.4 Å². The van der Waals surface area contributed by atoms with Gasteiger partial charge in [0, 0.05) is 38.9 Å². The largest absolute Gasteiger partial charge is 0.501 e. The molecule has 0 unspecified atom stereocenters. The Morgan fingerprint density at radius 1 is 1.40 bits per heavy atom. The number of hydrogen-bond acceptors (Lipinski definition) is 7. The number of nitrogens with one attached hydrogen (secondary N) is 1. The second-order valence-corrected chi connectivity index (χ2v) is 7.06. The summed E-state index contributed by atoms with van der Waals surface area (Å²) in [5.74, 6) is -1.24. The second-order valence-electron chi connectivity index (χ2n) is 7.06. The van der Waals surface area contributed by atoms with Crippen LogP contribution in [0.2, 0.25) is 0 Å². The van der Waals surface area contributed by atoms with E-state index in [2.05, 4.69) is 10.3 Å². The summed E-state index contributed by atoms with van der Waals surface area (Å²) in [5, 5.41) is 12.9. The van der Waals surface area contributed by atoms with Gasteiger partial charge >= 0.3 is 0 Å². The van der Waals surface area contributed by atoms with E-state index < -0.39 is 23.0 Å². The number of likely N-dealkylation sites (tertiary alicyclic amines) is 1. The van der Waals surface area contributed by atoms with E-state index in [1.54, 1.807) is 7.11 Å². The molecule has 0 saturated carbocycles. The molecule has 0 aliphatic carbocycles. The number of carbonyl (C=O) groups excluding carboxylic acids is 1. The molecule has 3 rings (SSSR count). The number of carbonyl (C=O) groups is 1. The molecule has 2 N–H and O–H groups in total. The highest BCUT2D eigenvalue weighted by Crippen LogP contribution is 2.30. The van der Waals surface area contributed by atoms with Crippen LogP contribution in [0.3, 0.4) is 0 Å². The van der Waals surface area contributed by atoms with E-state index in [9.17, 15) is 19.1 Å². The molecule has 1 fully saturated rings. The van der Waals surface area contributed by atoms with Crippen molar-refractivity contribution in [1.29, 1.82) is 0 Å². The molecular formula is C20H25FN4O5. The molecule has 10 heteroatoms. The van der Waals surface area contributed by atoms with Gasteiger partial charge in [-0.15, -0.1) is 0 Å². The Bertz CT molecular complexity index is 994. The Kier molecular flexibility index (Phi) is 6.68. The molecule has 2 aromatic rings. The first-order valence-corrected chi connectivity index (χ1v) is 9.50. The lowest BCUT2D eigenvalue weighted by molar-refractivity contribution is 0.0510. The van der Waals surface area contributed by atoms with Crippen LogP contribution in [0.25, 0.3) is 0 Å². The lowest BCUT2D eigenvalue weighted by Gasteiger charge is -2.24. The lowest BCUT2D eigenvalue weighted by atomic mass is 10.1. The zero-order valence-corrected chi connectivity index (χ0v) is 17.1. The molecule has 1 amide bonds. The Labute approximate surface area is 173 Å². The van der Waals surface area contributed by atoms with Crippen LogP contribution in [0.1, 0.15) is 40.8 Å². The molecule has 1 aromatic carbocycles. The highest BCUT2D eigenvalue weighted by Gasteiger charge is 2.31. The maximum atomic E-state index is 13.4. The number of aromatic nitrogens is 2. The first-order valence-electron chi connectivity index (χ1n) is 9.50. The van der Waals surface area contributed by atoms with Crippen molar-refractivity contribution in [2.24, 2.45) is 7.05 Å². The van der Waals surface area contributed by atoms with Gasteiger partial charge in [-0.25, -0.2) is 9.37 Å². The van der Waals surface area contributed by atoms with Gasteiger partial charge in [0.05, 0.1) is 19.9 Å². The van der Waals surface area contributed by atoms with Gasteiger partial charge in [-0.1, -0.05) is 6.07 Å². The maximum absolute atomic E-state index is 13.4. The summed E-state index contributed by atoms with van der Waals surface area (Å²) < 4.78 is 24.9. The van der Waals surface area contributed by atoms with E-state index in [0.717, 1.165) is 19.4 Å². The van der Waals surface area contributed by atoms with Gasteiger partial charge in [-0.3, -0.25) is 19.1 Å². The van der Waals surface area contributed by atoms with Gasteiger partial charge in [0.15, 0.2) is 5.69 Å². The Balaban J connectivity index is 1.87. The molecule has 1 aliphatic rings. The monoisotopic (exact) mass is 420 g/mol. The topological polar surface area (TPSA) is 106 Å². The zero-order valence-electron chi connectivity index (χ0n) is 17.1. The van der Waals surface area contributed by atoms with Crippen molar-refractivity contribution < 1.29 is 23.8 Å².